The molecule has 2 N–H and O–H groups in total. The molecule has 0 atom stereocenters. The molecule has 20 heavy (non-hydrogen) atoms. The van der Waals surface area contributed by atoms with Crippen LogP contribution in [0.5, 0.6) is 0 Å². The zero-order chi connectivity index (χ0) is 13.9. The van der Waals surface area contributed by atoms with E-state index >= 15 is 0 Å². The summed E-state index contributed by atoms with van der Waals surface area (Å²) in [6.45, 7) is -0.0161. The highest BCUT2D eigenvalue weighted by Gasteiger charge is 2.12. The summed E-state index contributed by atoms with van der Waals surface area (Å²) in [4.78, 5) is 12.1. The summed E-state index contributed by atoms with van der Waals surface area (Å²) in [6, 6.07) is 16.2. The van der Waals surface area contributed by atoms with Crippen molar-refractivity contribution in [3.8, 4) is 0 Å². The van der Waals surface area contributed by atoms with Gasteiger partial charge in [-0.3, -0.25) is 4.79 Å². The van der Waals surface area contributed by atoms with E-state index in [1.807, 2.05) is 24.3 Å². The van der Waals surface area contributed by atoms with Gasteiger partial charge in [-0.1, -0.05) is 30.3 Å². The van der Waals surface area contributed by atoms with Crippen LogP contribution < -0.4 is 5.32 Å². The third kappa shape index (κ3) is 2.41. The molecule has 4 heteroatoms. The standard InChI is InChI=1S/C16H13NO3/c18-10-11-5-7-13(8-6-11)17-16(19)15-9-12-3-1-2-4-14(12)20-15/h1-9,18H,10H2,(H,17,19). The molecule has 3 rings (SSSR count). The van der Waals surface area contributed by atoms with Crippen LogP contribution in [0.4, 0.5) is 5.69 Å². The van der Waals surface area contributed by atoms with Gasteiger partial charge in [0.15, 0.2) is 5.76 Å². The molecule has 1 aromatic heterocycles. The molecule has 0 fully saturated rings. The van der Waals surface area contributed by atoms with Gasteiger partial charge in [0.2, 0.25) is 0 Å². The maximum atomic E-state index is 12.1. The molecule has 0 spiro atoms. The summed E-state index contributed by atoms with van der Waals surface area (Å²) in [5.41, 5.74) is 2.15. The lowest BCUT2D eigenvalue weighted by Gasteiger charge is -2.03. The number of amides is 1. The Hall–Kier alpha value is -2.59. The Morgan fingerprint density at radius 3 is 2.55 bits per heavy atom. The number of aliphatic hydroxyl groups excluding tert-OH is 1. The van der Waals surface area contributed by atoms with E-state index in [0.29, 0.717) is 11.3 Å². The van der Waals surface area contributed by atoms with Crippen molar-refractivity contribution < 1.29 is 14.3 Å². The molecule has 0 bridgehead atoms. The number of aliphatic hydroxyl groups is 1. The number of anilines is 1. The smallest absolute Gasteiger partial charge is 0.291 e. The normalized spacial score (nSPS) is 10.7. The monoisotopic (exact) mass is 267 g/mol. The first-order chi connectivity index (χ1) is 9.76. The second-order valence-corrected chi connectivity index (χ2v) is 4.46. The number of rotatable bonds is 3. The van der Waals surface area contributed by atoms with E-state index in [1.54, 1.807) is 30.3 Å². The Kier molecular flexibility index (Phi) is 3.23. The molecule has 0 aliphatic heterocycles. The van der Waals surface area contributed by atoms with Crippen molar-refractivity contribution in [1.29, 1.82) is 0 Å². The highest BCUT2D eigenvalue weighted by Crippen LogP contribution is 2.20. The molecule has 0 unspecified atom stereocenters. The van der Waals surface area contributed by atoms with Gasteiger partial charge in [-0.25, -0.2) is 0 Å². The van der Waals surface area contributed by atoms with E-state index in [9.17, 15) is 4.79 Å². The van der Waals surface area contributed by atoms with Gasteiger partial charge in [-0.2, -0.15) is 0 Å². The van der Waals surface area contributed by atoms with Crippen LogP contribution in [0, 0.1) is 0 Å². The highest BCUT2D eigenvalue weighted by atomic mass is 16.3. The first kappa shape index (κ1) is 12.4. The molecule has 0 saturated carbocycles. The maximum Gasteiger partial charge on any atom is 0.291 e. The average Bonchev–Trinajstić information content (AvgIpc) is 2.92. The Bertz CT molecular complexity index is 711. The summed E-state index contributed by atoms with van der Waals surface area (Å²) in [5, 5.41) is 12.6. The first-order valence-electron chi connectivity index (χ1n) is 6.26. The minimum absolute atomic E-state index is 0.0161. The minimum atomic E-state index is -0.294. The van der Waals surface area contributed by atoms with E-state index in [2.05, 4.69) is 5.32 Å². The van der Waals surface area contributed by atoms with Crippen molar-refractivity contribution in [1.82, 2.24) is 0 Å². The molecule has 0 radical (unpaired) electrons. The summed E-state index contributed by atoms with van der Waals surface area (Å²) < 4.78 is 5.49. The van der Waals surface area contributed by atoms with Gasteiger partial charge in [-0.15, -0.1) is 0 Å². The number of benzene rings is 2. The van der Waals surface area contributed by atoms with Gasteiger partial charge >= 0.3 is 0 Å². The largest absolute Gasteiger partial charge is 0.451 e. The SMILES string of the molecule is O=C(Nc1ccc(CO)cc1)c1cc2ccccc2o1. The molecule has 0 saturated heterocycles. The van der Waals surface area contributed by atoms with Crippen molar-refractivity contribution in [2.24, 2.45) is 0 Å². The Labute approximate surface area is 115 Å². The number of carbonyl (C=O) groups excluding carboxylic acids is 1. The molecular formula is C16H13NO3. The Morgan fingerprint density at radius 2 is 1.85 bits per heavy atom. The lowest BCUT2D eigenvalue weighted by atomic mass is 10.2. The molecule has 0 aliphatic carbocycles. The molecule has 4 nitrogen and oxygen atoms in total. The molecule has 0 aliphatic rings. The van der Waals surface area contributed by atoms with E-state index in [-0.39, 0.29) is 18.3 Å². The molecule has 100 valence electrons. The summed E-state index contributed by atoms with van der Waals surface area (Å²) in [7, 11) is 0. The number of hydrogen-bond acceptors (Lipinski definition) is 3. The molecule has 1 amide bonds. The predicted octanol–water partition coefficient (Wildman–Crippen LogP) is 3.18. The van der Waals surface area contributed by atoms with Crippen LogP contribution in [-0.2, 0) is 6.61 Å². The zero-order valence-corrected chi connectivity index (χ0v) is 10.7. The highest BCUT2D eigenvalue weighted by molar-refractivity contribution is 6.04. The Balaban J connectivity index is 1.81. The van der Waals surface area contributed by atoms with Crippen molar-refractivity contribution in [3.05, 3.63) is 65.9 Å². The summed E-state index contributed by atoms with van der Waals surface area (Å²) in [5.74, 6) is -0.0182. The van der Waals surface area contributed by atoms with Crippen molar-refractivity contribution in [3.63, 3.8) is 0 Å². The van der Waals surface area contributed by atoms with E-state index in [0.717, 1.165) is 10.9 Å². The second-order valence-electron chi connectivity index (χ2n) is 4.46. The van der Waals surface area contributed by atoms with Gasteiger partial charge in [0.1, 0.15) is 5.58 Å². The van der Waals surface area contributed by atoms with Crippen LogP contribution in [0.1, 0.15) is 16.1 Å². The first-order valence-corrected chi connectivity index (χ1v) is 6.26. The van der Waals surface area contributed by atoms with Gasteiger partial charge in [0.25, 0.3) is 5.91 Å². The molecule has 3 aromatic rings. The fraction of sp³-hybridized carbons (Fsp3) is 0.0625. The van der Waals surface area contributed by atoms with Crippen molar-refractivity contribution in [2.45, 2.75) is 6.61 Å². The number of nitrogens with one attached hydrogen (secondary N) is 1. The van der Waals surface area contributed by atoms with Crippen LogP contribution in [0.15, 0.2) is 59.0 Å². The number of para-hydroxylation sites is 1. The molecule has 2 aromatic carbocycles. The van der Waals surface area contributed by atoms with Crippen molar-refractivity contribution in [2.75, 3.05) is 5.32 Å². The van der Waals surface area contributed by atoms with Crippen LogP contribution in [0.3, 0.4) is 0 Å². The topological polar surface area (TPSA) is 62.5 Å². The maximum absolute atomic E-state index is 12.1. The predicted molar refractivity (Wildman–Crippen MR) is 76.5 cm³/mol. The van der Waals surface area contributed by atoms with Gasteiger partial charge in [0, 0.05) is 11.1 Å². The van der Waals surface area contributed by atoms with Crippen LogP contribution >= 0.6 is 0 Å². The van der Waals surface area contributed by atoms with E-state index < -0.39 is 0 Å². The van der Waals surface area contributed by atoms with E-state index in [1.165, 1.54) is 0 Å². The zero-order valence-electron chi connectivity index (χ0n) is 10.7. The van der Waals surface area contributed by atoms with Gasteiger partial charge < -0.3 is 14.8 Å². The fourth-order valence-corrected chi connectivity index (χ4v) is 1.98. The average molecular weight is 267 g/mol. The van der Waals surface area contributed by atoms with Crippen molar-refractivity contribution >= 4 is 22.6 Å². The molecular weight excluding hydrogens is 254 g/mol. The van der Waals surface area contributed by atoms with Crippen LogP contribution in [-0.4, -0.2) is 11.0 Å². The lowest BCUT2D eigenvalue weighted by Crippen LogP contribution is -2.10. The summed E-state index contributed by atoms with van der Waals surface area (Å²) in [6.07, 6.45) is 0. The van der Waals surface area contributed by atoms with Crippen LogP contribution in [0.25, 0.3) is 11.0 Å². The number of fused-ring (bicyclic) bond motifs is 1. The van der Waals surface area contributed by atoms with Gasteiger partial charge in [-0.05, 0) is 29.8 Å². The minimum Gasteiger partial charge on any atom is -0.451 e. The van der Waals surface area contributed by atoms with Crippen LogP contribution in [0.2, 0.25) is 0 Å². The number of carbonyl (C=O) groups is 1. The third-order valence-electron chi connectivity index (χ3n) is 3.04. The quantitative estimate of drug-likeness (QED) is 0.766. The number of hydrogen-bond donors (Lipinski definition) is 2. The number of furan rings is 1. The lowest BCUT2D eigenvalue weighted by molar-refractivity contribution is 0.0998. The third-order valence-corrected chi connectivity index (χ3v) is 3.04. The second kappa shape index (κ2) is 5.19. The fourth-order valence-electron chi connectivity index (χ4n) is 1.98. The molecule has 1 heterocycles. The Morgan fingerprint density at radius 1 is 1.10 bits per heavy atom. The summed E-state index contributed by atoms with van der Waals surface area (Å²) >= 11 is 0. The van der Waals surface area contributed by atoms with Gasteiger partial charge in [0.05, 0.1) is 6.61 Å². The van der Waals surface area contributed by atoms with E-state index in [4.69, 9.17) is 9.52 Å².